The molecular weight excluding hydrogens is 330 g/mol. The number of nitrogens with zero attached hydrogens (tertiary/aromatic N) is 4. The lowest BCUT2D eigenvalue weighted by atomic mass is 10.1. The molecule has 1 aromatic carbocycles. The molecule has 3 heterocycles. The van der Waals surface area contributed by atoms with Gasteiger partial charge in [-0.2, -0.15) is 5.10 Å². The Morgan fingerprint density at radius 1 is 1.23 bits per heavy atom. The van der Waals surface area contributed by atoms with E-state index in [-0.39, 0.29) is 12.3 Å². The monoisotopic (exact) mass is 347 g/mol. The number of pyridine rings is 1. The number of carbonyl (C=O) groups excluding carboxylic acids is 1. The summed E-state index contributed by atoms with van der Waals surface area (Å²) in [7, 11) is 1.86. The van der Waals surface area contributed by atoms with Gasteiger partial charge in [0.25, 0.3) is 0 Å². The molecule has 4 aromatic rings. The van der Waals surface area contributed by atoms with Crippen molar-refractivity contribution in [2.24, 2.45) is 12.8 Å². The van der Waals surface area contributed by atoms with E-state index in [9.17, 15) is 4.79 Å². The molecule has 5 N–H and O–H groups in total. The van der Waals surface area contributed by atoms with Crippen molar-refractivity contribution in [1.82, 2.24) is 24.7 Å². The van der Waals surface area contributed by atoms with E-state index < -0.39 is 0 Å². The second-order valence-corrected chi connectivity index (χ2v) is 6.14. The highest BCUT2D eigenvalue weighted by molar-refractivity contribution is 5.85. The summed E-state index contributed by atoms with van der Waals surface area (Å²) in [6.07, 6.45) is 5.57. The van der Waals surface area contributed by atoms with Crippen LogP contribution in [0.15, 0.2) is 42.9 Å². The van der Waals surface area contributed by atoms with E-state index in [0.717, 1.165) is 27.7 Å². The minimum atomic E-state index is -0.377. The first-order valence-electron chi connectivity index (χ1n) is 8.01. The van der Waals surface area contributed by atoms with Crippen LogP contribution in [-0.2, 0) is 18.3 Å². The second kappa shape index (κ2) is 5.99. The van der Waals surface area contributed by atoms with Crippen molar-refractivity contribution in [2.75, 3.05) is 5.73 Å². The van der Waals surface area contributed by atoms with Gasteiger partial charge in [0.05, 0.1) is 29.2 Å². The van der Waals surface area contributed by atoms with E-state index in [1.165, 1.54) is 0 Å². The van der Waals surface area contributed by atoms with Crippen molar-refractivity contribution in [3.8, 4) is 22.5 Å². The highest BCUT2D eigenvalue weighted by Crippen LogP contribution is 2.29. The number of fused-ring (bicyclic) bond motifs is 1. The molecular formula is C18H17N7O. The molecule has 0 aliphatic carbocycles. The Kier molecular flexibility index (Phi) is 3.65. The van der Waals surface area contributed by atoms with Gasteiger partial charge in [-0.15, -0.1) is 0 Å². The van der Waals surface area contributed by atoms with E-state index in [2.05, 4.69) is 20.1 Å². The number of hydrogen-bond acceptors (Lipinski definition) is 5. The molecule has 0 saturated heterocycles. The Hall–Kier alpha value is -3.68. The topological polar surface area (TPSA) is 128 Å². The maximum absolute atomic E-state index is 11.1. The number of nitrogens with one attached hydrogen (secondary N) is 1. The molecule has 3 aromatic heterocycles. The zero-order valence-corrected chi connectivity index (χ0v) is 14.1. The summed E-state index contributed by atoms with van der Waals surface area (Å²) in [5.74, 6) is 0.624. The van der Waals surface area contributed by atoms with E-state index >= 15 is 0 Å². The van der Waals surface area contributed by atoms with Gasteiger partial charge in [-0.3, -0.25) is 9.48 Å². The number of rotatable bonds is 4. The van der Waals surface area contributed by atoms with Crippen molar-refractivity contribution in [3.05, 3.63) is 48.4 Å². The molecule has 130 valence electrons. The number of nitrogen functional groups attached to an aromatic ring is 1. The molecule has 0 radical (unpaired) electrons. The minimum absolute atomic E-state index is 0.179. The maximum Gasteiger partial charge on any atom is 0.221 e. The van der Waals surface area contributed by atoms with Crippen molar-refractivity contribution in [3.63, 3.8) is 0 Å². The molecule has 8 nitrogen and oxygen atoms in total. The first-order valence-corrected chi connectivity index (χ1v) is 8.01. The third kappa shape index (κ3) is 2.88. The van der Waals surface area contributed by atoms with Crippen molar-refractivity contribution >= 4 is 22.8 Å². The lowest BCUT2D eigenvalue weighted by molar-refractivity contribution is -0.117. The van der Waals surface area contributed by atoms with Crippen LogP contribution in [0.25, 0.3) is 33.5 Å². The summed E-state index contributed by atoms with van der Waals surface area (Å²) >= 11 is 0. The number of anilines is 1. The van der Waals surface area contributed by atoms with Gasteiger partial charge in [0.15, 0.2) is 0 Å². The number of amides is 1. The van der Waals surface area contributed by atoms with Crippen LogP contribution in [0.1, 0.15) is 5.56 Å². The predicted octanol–water partition coefficient (Wildman–Crippen LogP) is 1.64. The van der Waals surface area contributed by atoms with E-state index in [0.29, 0.717) is 17.2 Å². The normalized spacial score (nSPS) is 11.1. The fourth-order valence-electron chi connectivity index (χ4n) is 2.88. The molecule has 0 saturated carbocycles. The third-order valence-electron chi connectivity index (χ3n) is 4.14. The number of nitrogens with two attached hydrogens (primary N) is 2. The number of imidazole rings is 1. The molecule has 0 aliphatic heterocycles. The number of primary amides is 1. The second-order valence-electron chi connectivity index (χ2n) is 6.14. The predicted molar refractivity (Wildman–Crippen MR) is 98.8 cm³/mol. The van der Waals surface area contributed by atoms with Crippen molar-refractivity contribution in [2.45, 2.75) is 6.42 Å². The smallest absolute Gasteiger partial charge is 0.221 e. The number of aryl methyl sites for hydroxylation is 1. The molecule has 0 atom stereocenters. The Labute approximate surface area is 148 Å². The van der Waals surface area contributed by atoms with Crippen LogP contribution in [0.5, 0.6) is 0 Å². The summed E-state index contributed by atoms with van der Waals surface area (Å²) in [5.41, 5.74) is 16.3. The standard InChI is InChI=1S/C18H17N7O/c1-25-9-12(8-22-25)11-6-13(17(20)21-7-11)18-23-14-3-2-10(5-16(19)26)4-15(14)24-18/h2-4,6-9H,5H2,1H3,(H2,19,26)(H2,20,21)(H,23,24). The van der Waals surface area contributed by atoms with Crippen LogP contribution in [0.4, 0.5) is 5.82 Å². The molecule has 26 heavy (non-hydrogen) atoms. The van der Waals surface area contributed by atoms with Crippen LogP contribution in [0, 0.1) is 0 Å². The Morgan fingerprint density at radius 2 is 2.08 bits per heavy atom. The largest absolute Gasteiger partial charge is 0.383 e. The fourth-order valence-corrected chi connectivity index (χ4v) is 2.88. The molecule has 8 heteroatoms. The summed E-state index contributed by atoms with van der Waals surface area (Å²) in [6.45, 7) is 0. The summed E-state index contributed by atoms with van der Waals surface area (Å²) < 4.78 is 1.73. The third-order valence-corrected chi connectivity index (χ3v) is 4.14. The highest BCUT2D eigenvalue weighted by Gasteiger charge is 2.13. The number of benzene rings is 1. The quantitative estimate of drug-likeness (QED) is 0.517. The number of aromatic amines is 1. The van der Waals surface area contributed by atoms with Gasteiger partial charge >= 0.3 is 0 Å². The fraction of sp³-hybridized carbons (Fsp3) is 0.111. The van der Waals surface area contributed by atoms with Gasteiger partial charge < -0.3 is 16.5 Å². The van der Waals surface area contributed by atoms with Gasteiger partial charge in [0, 0.05) is 30.6 Å². The number of carbonyl (C=O) groups is 1. The Morgan fingerprint density at radius 3 is 2.81 bits per heavy atom. The van der Waals surface area contributed by atoms with Crippen LogP contribution in [0.3, 0.4) is 0 Å². The van der Waals surface area contributed by atoms with Crippen LogP contribution in [-0.4, -0.2) is 30.6 Å². The molecule has 4 rings (SSSR count). The average Bonchev–Trinajstić information content (AvgIpc) is 3.20. The zero-order chi connectivity index (χ0) is 18.3. The van der Waals surface area contributed by atoms with Gasteiger partial charge in [-0.05, 0) is 23.8 Å². The first kappa shape index (κ1) is 15.8. The zero-order valence-electron chi connectivity index (χ0n) is 14.1. The van der Waals surface area contributed by atoms with Crippen LogP contribution in [0.2, 0.25) is 0 Å². The molecule has 1 amide bonds. The Bertz CT molecular complexity index is 1130. The van der Waals surface area contributed by atoms with Gasteiger partial charge in [-0.25, -0.2) is 9.97 Å². The maximum atomic E-state index is 11.1. The summed E-state index contributed by atoms with van der Waals surface area (Å²) in [5, 5.41) is 4.18. The lowest BCUT2D eigenvalue weighted by Gasteiger charge is -2.04. The van der Waals surface area contributed by atoms with Gasteiger partial charge in [0.2, 0.25) is 5.91 Å². The highest BCUT2D eigenvalue weighted by atomic mass is 16.1. The number of H-pyrrole nitrogens is 1. The minimum Gasteiger partial charge on any atom is -0.383 e. The summed E-state index contributed by atoms with van der Waals surface area (Å²) in [4.78, 5) is 23.3. The van der Waals surface area contributed by atoms with Gasteiger partial charge in [-0.1, -0.05) is 6.07 Å². The summed E-state index contributed by atoms with van der Waals surface area (Å²) in [6, 6.07) is 7.50. The number of hydrogen-bond donors (Lipinski definition) is 3. The Balaban J connectivity index is 1.78. The lowest BCUT2D eigenvalue weighted by Crippen LogP contribution is -2.13. The van der Waals surface area contributed by atoms with Crippen LogP contribution < -0.4 is 11.5 Å². The van der Waals surface area contributed by atoms with E-state index in [1.54, 1.807) is 17.1 Å². The average molecular weight is 347 g/mol. The molecule has 0 aliphatic rings. The first-order chi connectivity index (χ1) is 12.5. The van der Waals surface area contributed by atoms with E-state index in [4.69, 9.17) is 11.5 Å². The van der Waals surface area contributed by atoms with E-state index in [1.807, 2.05) is 37.5 Å². The molecule has 0 bridgehead atoms. The van der Waals surface area contributed by atoms with Crippen molar-refractivity contribution in [1.29, 1.82) is 0 Å². The van der Waals surface area contributed by atoms with Crippen molar-refractivity contribution < 1.29 is 4.79 Å². The molecule has 0 unspecified atom stereocenters. The molecule has 0 fully saturated rings. The molecule has 0 spiro atoms. The van der Waals surface area contributed by atoms with Gasteiger partial charge in [0.1, 0.15) is 11.6 Å². The van der Waals surface area contributed by atoms with Crippen LogP contribution >= 0.6 is 0 Å². The number of aromatic nitrogens is 5. The SMILES string of the molecule is Cn1cc(-c2cnc(N)c(-c3nc4cc(CC(N)=O)ccc4[nH]3)c2)cn1.